The maximum absolute atomic E-state index is 14.7. The van der Waals surface area contributed by atoms with E-state index in [4.69, 9.17) is 20.3 Å². The molecule has 0 amide bonds. The summed E-state index contributed by atoms with van der Waals surface area (Å²) in [5.41, 5.74) is 4.26. The molecule has 10 nitrogen and oxygen atoms in total. The summed E-state index contributed by atoms with van der Waals surface area (Å²) in [4.78, 5) is 24.8. The molecule has 138 valence electrons. The highest BCUT2D eigenvalue weighted by Crippen LogP contribution is 2.47. The van der Waals surface area contributed by atoms with Crippen LogP contribution in [0.4, 0.5) is 14.6 Å². The number of aliphatic hydroxyl groups excluding tert-OH is 1. The Kier molecular flexibility index (Phi) is 6.34. The Hall–Kier alpha value is -1.74. The number of halogens is 2. The summed E-state index contributed by atoms with van der Waals surface area (Å²) in [5.74, 6) is -3.90. The first kappa shape index (κ1) is 19.6. The average molecular weight is 379 g/mol. The lowest BCUT2D eigenvalue weighted by atomic mass is 10.1. The maximum Gasteiger partial charge on any atom is 0.351 e. The average Bonchev–Trinajstić information content (AvgIpc) is 2.79. The standard InChI is InChI=1S/C12H16F2N5O5P/c13-12(14)9(24-25(22)17-4-1-3-15)7(6-20)23-10(12)19-5-2-8(16)18-11(19)21/h2,5,7,9-10,17,20,22H,1,4,6H2,(H2,16,18,21)/t7-,9-,10-,25?/m1/s1. The van der Waals surface area contributed by atoms with Crippen molar-refractivity contribution >= 4 is 14.3 Å². The molecule has 0 saturated carbocycles. The second-order valence-electron chi connectivity index (χ2n) is 5.04. The van der Waals surface area contributed by atoms with Crippen molar-refractivity contribution in [3.8, 4) is 6.07 Å². The number of nitriles is 1. The van der Waals surface area contributed by atoms with E-state index in [1.807, 2.05) is 0 Å². The van der Waals surface area contributed by atoms with Crippen molar-refractivity contribution in [2.45, 2.75) is 30.8 Å². The largest absolute Gasteiger partial charge is 0.394 e. The van der Waals surface area contributed by atoms with Gasteiger partial charge in [0.25, 0.3) is 8.53 Å². The summed E-state index contributed by atoms with van der Waals surface area (Å²) < 4.78 is 39.8. The highest BCUT2D eigenvalue weighted by molar-refractivity contribution is 7.43. The van der Waals surface area contributed by atoms with Gasteiger partial charge in [0.2, 0.25) is 6.23 Å². The quantitative estimate of drug-likeness (QED) is 0.361. The van der Waals surface area contributed by atoms with Gasteiger partial charge in [-0.1, -0.05) is 0 Å². The summed E-state index contributed by atoms with van der Waals surface area (Å²) >= 11 is 0. The van der Waals surface area contributed by atoms with Crippen LogP contribution in [0.3, 0.4) is 0 Å². The van der Waals surface area contributed by atoms with Gasteiger partial charge >= 0.3 is 11.6 Å². The zero-order valence-corrected chi connectivity index (χ0v) is 13.6. The first-order valence-electron chi connectivity index (χ1n) is 7.06. The van der Waals surface area contributed by atoms with E-state index in [0.717, 1.165) is 12.3 Å². The highest BCUT2D eigenvalue weighted by Gasteiger charge is 2.61. The number of hydrogen-bond acceptors (Lipinski definition) is 9. The van der Waals surface area contributed by atoms with Gasteiger partial charge in [-0.05, 0) is 6.07 Å². The van der Waals surface area contributed by atoms with Gasteiger partial charge in [0.1, 0.15) is 11.9 Å². The molecule has 0 radical (unpaired) electrons. The van der Waals surface area contributed by atoms with E-state index in [-0.39, 0.29) is 18.8 Å². The summed E-state index contributed by atoms with van der Waals surface area (Å²) in [6.07, 6.45) is -4.55. The summed E-state index contributed by atoms with van der Waals surface area (Å²) in [6.45, 7) is -0.790. The van der Waals surface area contributed by atoms with Crippen molar-refractivity contribution in [1.29, 1.82) is 5.26 Å². The lowest BCUT2D eigenvalue weighted by Crippen LogP contribution is -2.43. The van der Waals surface area contributed by atoms with E-state index in [9.17, 15) is 23.6 Å². The molecule has 1 aromatic rings. The van der Waals surface area contributed by atoms with Crippen molar-refractivity contribution in [3.05, 3.63) is 22.7 Å². The lowest BCUT2D eigenvalue weighted by Gasteiger charge is -2.25. The number of alkyl halides is 2. The molecule has 4 atom stereocenters. The Labute approximate surface area is 141 Å². The highest BCUT2D eigenvalue weighted by atomic mass is 31.2. The molecule has 5 N–H and O–H groups in total. The van der Waals surface area contributed by atoms with Crippen LogP contribution in [0, 0.1) is 11.3 Å². The molecule has 2 rings (SSSR count). The molecule has 1 unspecified atom stereocenters. The number of anilines is 1. The molecular formula is C12H16F2N5O5P. The zero-order chi connectivity index (χ0) is 18.6. The summed E-state index contributed by atoms with van der Waals surface area (Å²) in [6, 6.07) is 2.95. The minimum Gasteiger partial charge on any atom is -0.394 e. The Bertz CT molecular complexity index is 699. The van der Waals surface area contributed by atoms with Gasteiger partial charge in [-0.25, -0.2) is 9.88 Å². The van der Waals surface area contributed by atoms with Crippen LogP contribution in [0.15, 0.2) is 17.1 Å². The third-order valence-electron chi connectivity index (χ3n) is 3.33. The Morgan fingerprint density at radius 2 is 2.36 bits per heavy atom. The molecule has 1 aliphatic rings. The number of nitrogens with one attached hydrogen (secondary N) is 1. The number of aliphatic hydroxyl groups is 1. The van der Waals surface area contributed by atoms with Gasteiger partial charge in [-0.3, -0.25) is 4.57 Å². The number of nitrogens with two attached hydrogens (primary N) is 1. The van der Waals surface area contributed by atoms with E-state index < -0.39 is 45.2 Å². The number of ether oxygens (including phenoxy) is 1. The van der Waals surface area contributed by atoms with Crippen LogP contribution >= 0.6 is 8.53 Å². The maximum atomic E-state index is 14.7. The molecule has 0 spiro atoms. The minimum absolute atomic E-state index is 0.0341. The minimum atomic E-state index is -3.75. The first-order valence-corrected chi connectivity index (χ1v) is 8.27. The van der Waals surface area contributed by atoms with E-state index in [0.29, 0.717) is 4.57 Å². The SMILES string of the molecule is N#CCCNP(O)O[C@@H]1[C@@H](CO)O[C@@H](n2ccc(N)nc2=O)C1(F)F. The number of nitrogens with zero attached hydrogens (tertiary/aromatic N) is 3. The molecule has 25 heavy (non-hydrogen) atoms. The van der Waals surface area contributed by atoms with Gasteiger partial charge in [0, 0.05) is 19.2 Å². The fraction of sp³-hybridized carbons (Fsp3) is 0.583. The van der Waals surface area contributed by atoms with Gasteiger partial charge in [-0.15, -0.1) is 0 Å². The normalized spacial score (nSPS) is 26.3. The van der Waals surface area contributed by atoms with E-state index >= 15 is 0 Å². The summed E-state index contributed by atoms with van der Waals surface area (Å²) in [7, 11) is -2.49. The van der Waals surface area contributed by atoms with Crippen molar-refractivity contribution in [3.63, 3.8) is 0 Å². The van der Waals surface area contributed by atoms with Gasteiger partial charge < -0.3 is 25.0 Å². The van der Waals surface area contributed by atoms with Crippen LogP contribution < -0.4 is 16.5 Å². The van der Waals surface area contributed by atoms with E-state index in [2.05, 4.69) is 10.1 Å². The molecule has 0 aromatic carbocycles. The fourth-order valence-corrected chi connectivity index (χ4v) is 3.07. The lowest BCUT2D eigenvalue weighted by molar-refractivity contribution is -0.136. The number of hydrogen-bond donors (Lipinski definition) is 4. The van der Waals surface area contributed by atoms with Crippen molar-refractivity contribution in [2.24, 2.45) is 0 Å². The third kappa shape index (κ3) is 4.27. The van der Waals surface area contributed by atoms with Gasteiger partial charge in [-0.2, -0.15) is 19.0 Å². The van der Waals surface area contributed by atoms with Crippen molar-refractivity contribution in [2.75, 3.05) is 18.9 Å². The second-order valence-corrected chi connectivity index (χ2v) is 6.11. The van der Waals surface area contributed by atoms with Crippen LogP contribution in [0.1, 0.15) is 12.6 Å². The summed E-state index contributed by atoms with van der Waals surface area (Å²) in [5, 5.41) is 20.1. The molecule has 1 aliphatic heterocycles. The van der Waals surface area contributed by atoms with Crippen molar-refractivity contribution in [1.82, 2.24) is 14.6 Å². The number of nitrogen functional groups attached to an aromatic ring is 1. The number of rotatable bonds is 7. The molecule has 0 bridgehead atoms. The predicted molar refractivity (Wildman–Crippen MR) is 81.1 cm³/mol. The van der Waals surface area contributed by atoms with E-state index in [1.54, 1.807) is 6.07 Å². The van der Waals surface area contributed by atoms with Gasteiger partial charge in [0.15, 0.2) is 6.10 Å². The van der Waals surface area contributed by atoms with Crippen LogP contribution in [-0.2, 0) is 9.26 Å². The fourth-order valence-electron chi connectivity index (χ4n) is 2.20. The van der Waals surface area contributed by atoms with Gasteiger partial charge in [0.05, 0.1) is 12.7 Å². The van der Waals surface area contributed by atoms with Crippen LogP contribution in [0.25, 0.3) is 0 Å². The van der Waals surface area contributed by atoms with Crippen molar-refractivity contribution < 1.29 is 28.0 Å². The topological polar surface area (TPSA) is 156 Å². The first-order chi connectivity index (χ1) is 11.8. The monoisotopic (exact) mass is 379 g/mol. The number of aromatic nitrogens is 2. The zero-order valence-electron chi connectivity index (χ0n) is 12.7. The Morgan fingerprint density at radius 3 is 2.96 bits per heavy atom. The van der Waals surface area contributed by atoms with E-state index in [1.165, 1.54) is 0 Å². The third-order valence-corrected chi connectivity index (χ3v) is 4.25. The second kappa shape index (κ2) is 8.09. The molecule has 1 saturated heterocycles. The predicted octanol–water partition coefficient (Wildman–Crippen LogP) is -0.542. The van der Waals surface area contributed by atoms with Crippen LogP contribution in [0.5, 0.6) is 0 Å². The molecule has 1 fully saturated rings. The van der Waals surface area contributed by atoms with Crippen LogP contribution in [0.2, 0.25) is 0 Å². The molecular weight excluding hydrogens is 363 g/mol. The molecule has 0 aliphatic carbocycles. The van der Waals surface area contributed by atoms with Crippen LogP contribution in [-0.4, -0.2) is 50.8 Å². The Morgan fingerprint density at radius 1 is 1.64 bits per heavy atom. The molecule has 2 heterocycles. The molecule has 1 aromatic heterocycles. The Balaban J connectivity index is 2.20. The molecule has 13 heteroatoms. The smallest absolute Gasteiger partial charge is 0.351 e.